The second-order valence-corrected chi connectivity index (χ2v) is 8.51. The third kappa shape index (κ3) is 2.95. The molecule has 0 amide bonds. The summed E-state index contributed by atoms with van der Waals surface area (Å²) in [4.78, 5) is 13.2. The zero-order valence-electron chi connectivity index (χ0n) is 16.4. The van der Waals surface area contributed by atoms with Crippen LogP contribution in [-0.4, -0.2) is 21.4 Å². The molecule has 28 heavy (non-hydrogen) atoms. The molecule has 0 saturated carbocycles. The normalized spacial score (nSPS) is 15.5. The Hall–Kier alpha value is -3.15. The molecule has 0 fully saturated rings. The van der Waals surface area contributed by atoms with Gasteiger partial charge in [0.1, 0.15) is 39.3 Å². The van der Waals surface area contributed by atoms with Gasteiger partial charge in [0, 0.05) is 23.8 Å². The lowest BCUT2D eigenvalue weighted by molar-refractivity contribution is 0.106. The molecular formula is C22H22O6. The molecular weight excluding hydrogens is 360 g/mol. The average Bonchev–Trinajstić information content (AvgIpc) is 2.52. The van der Waals surface area contributed by atoms with Gasteiger partial charge < -0.3 is 24.1 Å². The van der Waals surface area contributed by atoms with Crippen LogP contribution >= 0.6 is 0 Å². The highest BCUT2D eigenvalue weighted by molar-refractivity contribution is 6.00. The Morgan fingerprint density at radius 3 is 2.39 bits per heavy atom. The Morgan fingerprint density at radius 1 is 1.04 bits per heavy atom. The van der Waals surface area contributed by atoms with Gasteiger partial charge in [-0.2, -0.15) is 0 Å². The molecule has 0 spiro atoms. The fraction of sp³-hybridized carbons (Fsp3) is 0.318. The first-order chi connectivity index (χ1) is 13.0. The number of benzene rings is 2. The summed E-state index contributed by atoms with van der Waals surface area (Å²) in [6.45, 7) is 9.57. The van der Waals surface area contributed by atoms with Crippen LogP contribution in [0.5, 0.6) is 23.0 Å². The molecule has 2 heterocycles. The molecule has 1 aromatic heterocycles. The molecule has 2 N–H and O–H groups in total. The van der Waals surface area contributed by atoms with Crippen molar-refractivity contribution in [2.45, 2.75) is 45.8 Å². The Balaban J connectivity index is 2.15. The number of phenolic OH excluding ortho intramolecular Hbond substituents is 2. The third-order valence-electron chi connectivity index (χ3n) is 4.42. The average molecular weight is 382 g/mol. The van der Waals surface area contributed by atoms with Crippen molar-refractivity contribution in [1.82, 2.24) is 0 Å². The summed E-state index contributed by atoms with van der Waals surface area (Å²) >= 11 is 0. The van der Waals surface area contributed by atoms with Crippen LogP contribution < -0.4 is 14.9 Å². The van der Waals surface area contributed by atoms with Crippen molar-refractivity contribution in [3.05, 3.63) is 40.1 Å². The lowest BCUT2D eigenvalue weighted by atomic mass is 9.97. The van der Waals surface area contributed by atoms with E-state index in [1.54, 1.807) is 6.07 Å². The summed E-state index contributed by atoms with van der Waals surface area (Å²) in [5, 5.41) is 20.2. The Morgan fingerprint density at radius 2 is 1.71 bits per heavy atom. The summed E-state index contributed by atoms with van der Waals surface area (Å²) in [7, 11) is 0. The highest BCUT2D eigenvalue weighted by Crippen LogP contribution is 2.44. The minimum Gasteiger partial charge on any atom is -0.508 e. The van der Waals surface area contributed by atoms with E-state index in [0.717, 1.165) is 6.07 Å². The van der Waals surface area contributed by atoms with E-state index in [1.165, 1.54) is 6.07 Å². The number of aromatic hydroxyl groups is 2. The third-order valence-corrected chi connectivity index (χ3v) is 4.42. The summed E-state index contributed by atoms with van der Waals surface area (Å²) < 4.78 is 18.1. The van der Waals surface area contributed by atoms with Crippen LogP contribution in [0.4, 0.5) is 0 Å². The molecule has 0 radical (unpaired) electrons. The molecule has 4 rings (SSSR count). The highest BCUT2D eigenvalue weighted by Gasteiger charge is 2.30. The van der Waals surface area contributed by atoms with Gasteiger partial charge in [0.25, 0.3) is 0 Å². The van der Waals surface area contributed by atoms with E-state index in [2.05, 4.69) is 0 Å². The van der Waals surface area contributed by atoms with E-state index in [9.17, 15) is 15.0 Å². The lowest BCUT2D eigenvalue weighted by Gasteiger charge is -2.31. The molecule has 1 aliphatic heterocycles. The maximum atomic E-state index is 13.2. The molecule has 0 aliphatic carbocycles. The number of fused-ring (bicyclic) bond motifs is 4. The van der Waals surface area contributed by atoms with Crippen LogP contribution in [0.25, 0.3) is 28.0 Å². The van der Waals surface area contributed by atoms with Crippen LogP contribution in [0.2, 0.25) is 0 Å². The van der Waals surface area contributed by atoms with Gasteiger partial charge in [0.2, 0.25) is 5.43 Å². The number of hydrogen-bond acceptors (Lipinski definition) is 6. The number of phenols is 2. The van der Waals surface area contributed by atoms with Crippen molar-refractivity contribution in [2.24, 2.45) is 0 Å². The monoisotopic (exact) mass is 382 g/mol. The summed E-state index contributed by atoms with van der Waals surface area (Å²) in [5.41, 5.74) is -0.545. The first-order valence-electron chi connectivity index (χ1n) is 9.02. The Kier molecular flexibility index (Phi) is 3.69. The SMILES string of the molecule is CC(C)(C)Oc1cc2oc3cc(O)cc(O)c3c(=O)c2c2c1OC(C)(C)C=C2. The van der Waals surface area contributed by atoms with Crippen molar-refractivity contribution >= 4 is 28.0 Å². The fourth-order valence-electron chi connectivity index (χ4n) is 3.34. The lowest BCUT2D eigenvalue weighted by Crippen LogP contribution is -2.30. The van der Waals surface area contributed by atoms with Crippen molar-refractivity contribution in [2.75, 3.05) is 0 Å². The molecule has 6 heteroatoms. The van der Waals surface area contributed by atoms with Crippen molar-refractivity contribution in [1.29, 1.82) is 0 Å². The maximum Gasteiger partial charge on any atom is 0.205 e. The van der Waals surface area contributed by atoms with Crippen LogP contribution in [0.3, 0.4) is 0 Å². The Bertz CT molecular complexity index is 1210. The van der Waals surface area contributed by atoms with Crippen molar-refractivity contribution in [3.63, 3.8) is 0 Å². The first-order valence-corrected chi connectivity index (χ1v) is 9.02. The topological polar surface area (TPSA) is 89.1 Å². The Labute approximate surface area is 161 Å². The van der Waals surface area contributed by atoms with Gasteiger partial charge in [-0.25, -0.2) is 0 Å². The van der Waals surface area contributed by atoms with E-state index >= 15 is 0 Å². The van der Waals surface area contributed by atoms with Gasteiger partial charge in [-0.15, -0.1) is 0 Å². The van der Waals surface area contributed by atoms with Gasteiger partial charge in [-0.05, 0) is 40.7 Å². The van der Waals surface area contributed by atoms with Gasteiger partial charge in [0.05, 0.1) is 5.39 Å². The molecule has 2 aromatic carbocycles. The van der Waals surface area contributed by atoms with Gasteiger partial charge in [0.15, 0.2) is 11.5 Å². The molecule has 146 valence electrons. The van der Waals surface area contributed by atoms with Gasteiger partial charge >= 0.3 is 0 Å². The molecule has 0 atom stereocenters. The van der Waals surface area contributed by atoms with Crippen LogP contribution in [0.15, 0.2) is 33.5 Å². The fourth-order valence-corrected chi connectivity index (χ4v) is 3.34. The van der Waals surface area contributed by atoms with Crippen LogP contribution in [0, 0.1) is 0 Å². The molecule has 6 nitrogen and oxygen atoms in total. The predicted octanol–water partition coefficient (Wildman–Crippen LogP) is 4.72. The van der Waals surface area contributed by atoms with Gasteiger partial charge in [-0.1, -0.05) is 6.08 Å². The van der Waals surface area contributed by atoms with E-state index in [4.69, 9.17) is 13.9 Å². The van der Waals surface area contributed by atoms with Crippen molar-refractivity contribution < 1.29 is 24.1 Å². The predicted molar refractivity (Wildman–Crippen MR) is 107 cm³/mol. The van der Waals surface area contributed by atoms with Crippen LogP contribution in [-0.2, 0) is 0 Å². The van der Waals surface area contributed by atoms with E-state index < -0.39 is 16.6 Å². The van der Waals surface area contributed by atoms with E-state index in [0.29, 0.717) is 17.1 Å². The van der Waals surface area contributed by atoms with E-state index in [-0.39, 0.29) is 33.4 Å². The largest absolute Gasteiger partial charge is 0.508 e. The summed E-state index contributed by atoms with van der Waals surface area (Å²) in [6.07, 6.45) is 3.67. The zero-order valence-corrected chi connectivity index (χ0v) is 16.4. The van der Waals surface area contributed by atoms with E-state index in [1.807, 2.05) is 46.8 Å². The highest BCUT2D eigenvalue weighted by atomic mass is 16.5. The minimum atomic E-state index is -0.568. The minimum absolute atomic E-state index is 0.00947. The van der Waals surface area contributed by atoms with Crippen LogP contribution in [0.1, 0.15) is 40.2 Å². The van der Waals surface area contributed by atoms with Gasteiger partial charge in [-0.3, -0.25) is 4.79 Å². The smallest absolute Gasteiger partial charge is 0.205 e. The molecule has 3 aromatic rings. The summed E-state index contributed by atoms with van der Waals surface area (Å²) in [6, 6.07) is 4.04. The first kappa shape index (κ1) is 18.2. The second kappa shape index (κ2) is 5.67. The molecule has 0 unspecified atom stereocenters. The molecule has 0 bridgehead atoms. The zero-order chi connectivity index (χ0) is 20.4. The number of hydrogen-bond donors (Lipinski definition) is 2. The standard InChI is InChI=1S/C22H22O6/c1-21(2,3)27-16-10-15-17(12-6-7-22(4,5)28-20(12)16)19(25)18-13(24)8-11(23)9-14(18)26-15/h6-10,23-24H,1-5H3. The quantitative estimate of drug-likeness (QED) is 0.592. The number of rotatable bonds is 1. The van der Waals surface area contributed by atoms with Crippen molar-refractivity contribution in [3.8, 4) is 23.0 Å². The molecule has 0 saturated heterocycles. The molecule has 1 aliphatic rings. The maximum absolute atomic E-state index is 13.2. The summed E-state index contributed by atoms with van der Waals surface area (Å²) in [5.74, 6) is 0.385. The number of ether oxygens (including phenoxy) is 2. The second-order valence-electron chi connectivity index (χ2n) is 8.51.